The van der Waals surface area contributed by atoms with Crippen molar-refractivity contribution in [3.63, 3.8) is 0 Å². The standard InChI is InChI=1S/C53H93N11O22.C2H6/c1-38(51(55)79)10-4-7-19-60-52(80)39(11-5-8-18-56-43(67)16-15-40(53(81)82)64(24-22-62(32-47(71)72)33-48(73)74)25-23-63(34-49(75)76)35-50(77)78)61-44(68)14-9-13-42(66)58-20-26-83-28-31-86-37-46(70)59-21-27-84-29-30-85-36-45(69)57-17-6-2-3-12-41(54)65;1-2/h38-40H,2-37H2,1H3,(H2,54,65)(H2,55,79)(H,56,67)(H,57,69)(H,58,66)(H,59,70)(H,60,80)(H,61,68)(H,71,72)(H,73,74)(H,75,76)(H,77,78)(H,81,82);1-2H3/t38-,39+,40+;/m1./s1. The Labute approximate surface area is 513 Å². The Morgan fingerprint density at radius 3 is 1.32 bits per heavy atom. The number of hydrogen-bond donors (Lipinski definition) is 13. The molecule has 0 aromatic heterocycles. The molecule has 0 rings (SSSR count). The van der Waals surface area contributed by atoms with Crippen molar-refractivity contribution in [3.05, 3.63) is 0 Å². The Kier molecular flexibility index (Phi) is 50.9. The first kappa shape index (κ1) is 82.9. The van der Waals surface area contributed by atoms with Crippen LogP contribution in [0.15, 0.2) is 0 Å². The molecule has 0 aromatic rings. The third-order valence-corrected chi connectivity index (χ3v) is 12.5. The lowest BCUT2D eigenvalue weighted by Crippen LogP contribution is -2.50. The molecule has 0 radical (unpaired) electrons. The number of primary amides is 2. The topological polar surface area (TPSA) is 494 Å². The van der Waals surface area contributed by atoms with E-state index in [4.69, 9.17) is 30.4 Å². The van der Waals surface area contributed by atoms with Gasteiger partial charge in [0.15, 0.2) is 0 Å². The van der Waals surface area contributed by atoms with E-state index in [1.54, 1.807) is 6.92 Å². The molecule has 0 saturated carbocycles. The maximum atomic E-state index is 13.3. The average Bonchev–Trinajstić information content (AvgIpc) is 3.65. The van der Waals surface area contributed by atoms with Crippen molar-refractivity contribution in [2.24, 2.45) is 17.4 Å². The fourth-order valence-electron chi connectivity index (χ4n) is 7.99. The van der Waals surface area contributed by atoms with Crippen LogP contribution in [0.1, 0.15) is 117 Å². The molecule has 0 bridgehead atoms. The zero-order valence-corrected chi connectivity index (χ0v) is 51.4. The number of ether oxygens (including phenoxy) is 4. The predicted molar refractivity (Wildman–Crippen MR) is 315 cm³/mol. The van der Waals surface area contributed by atoms with Crippen LogP contribution in [-0.4, -0.2) is 267 Å². The normalized spacial score (nSPS) is 12.0. The minimum atomic E-state index is -1.43. The Morgan fingerprint density at radius 1 is 0.420 bits per heavy atom. The number of hydrogen-bond acceptors (Lipinski definition) is 20. The number of nitrogens with two attached hydrogens (primary N) is 2. The molecule has 3 atom stereocenters. The van der Waals surface area contributed by atoms with Gasteiger partial charge in [0.05, 0.1) is 65.8 Å². The van der Waals surface area contributed by atoms with E-state index in [-0.39, 0.29) is 173 Å². The second-order valence-electron chi connectivity index (χ2n) is 20.0. The van der Waals surface area contributed by atoms with Gasteiger partial charge in [0, 0.05) is 90.5 Å². The molecule has 0 aromatic carbocycles. The SMILES string of the molecule is CC.C[C@H](CCCCNC(=O)[C@H](CCCCNC(=O)CC[C@@H](C(=O)O)N(CCN(CC(=O)O)CC(=O)O)CCN(CC(=O)O)CC(=O)O)NC(=O)CCCC(=O)NCCOCCOCC(=O)NCCOCCOCC(=O)NCCCCCC(N)=O)C(N)=O. The number of nitrogens with zero attached hydrogens (tertiary/aromatic N) is 3. The molecule has 15 N–H and O–H groups in total. The maximum Gasteiger partial charge on any atom is 0.320 e. The van der Waals surface area contributed by atoms with Crippen molar-refractivity contribution in [1.29, 1.82) is 0 Å². The van der Waals surface area contributed by atoms with Gasteiger partial charge in [0.25, 0.3) is 0 Å². The number of rotatable bonds is 58. The van der Waals surface area contributed by atoms with Gasteiger partial charge in [-0.1, -0.05) is 33.6 Å². The quantitative estimate of drug-likeness (QED) is 0.0276. The molecule has 0 heterocycles. The van der Waals surface area contributed by atoms with Crippen LogP contribution in [0.4, 0.5) is 0 Å². The second-order valence-corrected chi connectivity index (χ2v) is 20.0. The third-order valence-electron chi connectivity index (χ3n) is 12.5. The summed E-state index contributed by atoms with van der Waals surface area (Å²) in [7, 11) is 0. The number of carbonyl (C=O) groups excluding carboxylic acids is 8. The van der Waals surface area contributed by atoms with E-state index in [1.165, 1.54) is 4.90 Å². The van der Waals surface area contributed by atoms with Crippen LogP contribution in [0, 0.1) is 5.92 Å². The van der Waals surface area contributed by atoms with Gasteiger partial charge in [-0.2, -0.15) is 0 Å². The number of nitrogens with one attached hydrogen (secondary N) is 6. The van der Waals surface area contributed by atoms with Gasteiger partial charge in [-0.05, 0) is 57.8 Å². The third kappa shape index (κ3) is 50.9. The van der Waals surface area contributed by atoms with Crippen molar-refractivity contribution in [2.75, 3.05) is 138 Å². The minimum Gasteiger partial charge on any atom is -0.480 e. The summed E-state index contributed by atoms with van der Waals surface area (Å²) in [5.74, 6) is -10.5. The maximum absolute atomic E-state index is 13.3. The van der Waals surface area contributed by atoms with E-state index in [2.05, 4.69) is 31.9 Å². The van der Waals surface area contributed by atoms with Gasteiger partial charge in [0.1, 0.15) is 25.3 Å². The van der Waals surface area contributed by atoms with Gasteiger partial charge >= 0.3 is 29.8 Å². The summed E-state index contributed by atoms with van der Waals surface area (Å²) >= 11 is 0. The van der Waals surface area contributed by atoms with Crippen LogP contribution >= 0.6 is 0 Å². The van der Waals surface area contributed by atoms with E-state index in [9.17, 15) is 87.9 Å². The van der Waals surface area contributed by atoms with Crippen molar-refractivity contribution in [1.82, 2.24) is 46.6 Å². The van der Waals surface area contributed by atoms with Crippen molar-refractivity contribution in [3.8, 4) is 0 Å². The Hall–Kier alpha value is -7.17. The van der Waals surface area contributed by atoms with E-state index >= 15 is 0 Å². The highest BCUT2D eigenvalue weighted by Crippen LogP contribution is 2.12. The summed E-state index contributed by atoms with van der Waals surface area (Å²) < 4.78 is 21.4. The highest BCUT2D eigenvalue weighted by atomic mass is 16.5. The molecule has 88 heavy (non-hydrogen) atoms. The number of unbranched alkanes of at least 4 members (excludes halogenated alkanes) is 4. The number of amides is 8. The van der Waals surface area contributed by atoms with E-state index in [0.29, 0.717) is 51.5 Å². The van der Waals surface area contributed by atoms with Crippen molar-refractivity contribution in [2.45, 2.75) is 129 Å². The highest BCUT2D eigenvalue weighted by Gasteiger charge is 2.29. The lowest BCUT2D eigenvalue weighted by Gasteiger charge is -2.32. The summed E-state index contributed by atoms with van der Waals surface area (Å²) in [5, 5.41) is 63.5. The molecule has 0 aliphatic heterocycles. The zero-order chi connectivity index (χ0) is 66.5. The smallest absolute Gasteiger partial charge is 0.320 e. The molecule has 33 heteroatoms. The molecule has 0 saturated heterocycles. The fraction of sp³-hybridized carbons (Fsp3) is 0.764. The molecule has 0 aliphatic carbocycles. The average molecular weight is 1270 g/mol. The Bertz CT molecular complexity index is 2020. The Balaban J connectivity index is 0. The first-order valence-corrected chi connectivity index (χ1v) is 29.7. The lowest BCUT2D eigenvalue weighted by atomic mass is 10.0. The molecular formula is C55H99N11O22. The fourth-order valence-corrected chi connectivity index (χ4v) is 7.99. The van der Waals surface area contributed by atoms with E-state index < -0.39 is 91.7 Å². The summed E-state index contributed by atoms with van der Waals surface area (Å²) in [4.78, 5) is 159. The largest absolute Gasteiger partial charge is 0.480 e. The summed E-state index contributed by atoms with van der Waals surface area (Å²) in [5.41, 5.74) is 10.4. The highest BCUT2D eigenvalue weighted by molar-refractivity contribution is 5.88. The van der Waals surface area contributed by atoms with E-state index in [1.807, 2.05) is 13.8 Å². The van der Waals surface area contributed by atoms with Gasteiger partial charge in [-0.3, -0.25) is 77.0 Å². The number of carboxylic acid groups (broad SMARTS) is 5. The number of carbonyl (C=O) groups is 13. The summed E-state index contributed by atoms with van der Waals surface area (Å²) in [6.07, 6.45) is 4.35. The Morgan fingerprint density at radius 2 is 0.841 bits per heavy atom. The van der Waals surface area contributed by atoms with Gasteiger partial charge in [-0.25, -0.2) is 0 Å². The minimum absolute atomic E-state index is 0.00538. The van der Waals surface area contributed by atoms with Gasteiger partial charge in [0.2, 0.25) is 47.3 Å². The molecule has 0 aliphatic rings. The van der Waals surface area contributed by atoms with Crippen LogP contribution in [0.2, 0.25) is 0 Å². The summed E-state index contributed by atoms with van der Waals surface area (Å²) in [6.45, 7) is 3.77. The number of carboxylic acids is 5. The summed E-state index contributed by atoms with van der Waals surface area (Å²) in [6, 6.07) is -2.42. The van der Waals surface area contributed by atoms with Crippen molar-refractivity contribution >= 4 is 77.1 Å². The van der Waals surface area contributed by atoms with Gasteiger partial charge in [-0.15, -0.1) is 0 Å². The van der Waals surface area contributed by atoms with Crippen LogP contribution in [0.5, 0.6) is 0 Å². The first-order chi connectivity index (χ1) is 41.9. The monoisotopic (exact) mass is 1270 g/mol. The molecule has 506 valence electrons. The van der Waals surface area contributed by atoms with Gasteiger partial charge < -0.3 is 87.8 Å². The first-order valence-electron chi connectivity index (χ1n) is 29.7. The van der Waals surface area contributed by atoms with Crippen LogP contribution < -0.4 is 43.4 Å². The second kappa shape index (κ2) is 54.0. The number of aliphatic carboxylic acids is 5. The molecule has 0 spiro atoms. The lowest BCUT2D eigenvalue weighted by molar-refractivity contribution is -0.146. The van der Waals surface area contributed by atoms with Crippen LogP contribution in [0.3, 0.4) is 0 Å². The van der Waals surface area contributed by atoms with Crippen LogP contribution in [-0.2, 0) is 81.3 Å². The molecule has 33 nitrogen and oxygen atoms in total. The van der Waals surface area contributed by atoms with Crippen LogP contribution in [0.25, 0.3) is 0 Å². The molecular weight excluding hydrogens is 1170 g/mol. The molecule has 0 fully saturated rings. The van der Waals surface area contributed by atoms with E-state index in [0.717, 1.165) is 22.6 Å². The predicted octanol–water partition coefficient (Wildman–Crippen LogP) is -2.70. The molecule has 0 unspecified atom stereocenters. The van der Waals surface area contributed by atoms with Crippen molar-refractivity contribution < 1.29 is 107 Å². The molecule has 8 amide bonds. The zero-order valence-electron chi connectivity index (χ0n) is 51.4.